The number of hydrogen-bond donors (Lipinski definition) is 1. The zero-order valence-corrected chi connectivity index (χ0v) is 20.8. The Labute approximate surface area is 218 Å². The lowest BCUT2D eigenvalue weighted by molar-refractivity contribution is -0.142. The first-order chi connectivity index (χ1) is 18.0. The Morgan fingerprint density at radius 2 is 1.84 bits per heavy atom. The molecule has 194 valence electrons. The predicted octanol–water partition coefficient (Wildman–Crippen LogP) is 6.32. The van der Waals surface area contributed by atoms with Gasteiger partial charge >= 0.3 is 6.18 Å². The predicted molar refractivity (Wildman–Crippen MR) is 134 cm³/mol. The van der Waals surface area contributed by atoms with Gasteiger partial charge in [-0.2, -0.15) is 23.4 Å². The summed E-state index contributed by atoms with van der Waals surface area (Å²) in [5.41, 5.74) is 1.99. The van der Waals surface area contributed by atoms with Crippen LogP contribution in [0.1, 0.15) is 32.9 Å². The molecule has 0 bridgehead atoms. The fourth-order valence-corrected chi connectivity index (χ4v) is 4.10. The highest BCUT2D eigenvalue weighted by Crippen LogP contribution is 2.33. The van der Waals surface area contributed by atoms with Crippen LogP contribution in [0.3, 0.4) is 0 Å². The molecular weight excluding hydrogens is 524 g/mol. The lowest BCUT2D eigenvalue weighted by atomic mass is 10.0. The maximum atomic E-state index is 13.9. The van der Waals surface area contributed by atoms with E-state index in [4.69, 9.17) is 11.6 Å². The number of carbonyl (C=O) groups excluding carboxylic acids is 1. The summed E-state index contributed by atoms with van der Waals surface area (Å²) in [7, 11) is 0. The number of amides is 1. The Bertz CT molecular complexity index is 1690. The SMILES string of the molecule is Cc1ccc(-c2cc(C(F)(F)F)n3nc(C(=O)Nc4cnn(Cc5ccc(F)cc5Cl)c4)cc3n2)cc1C. The van der Waals surface area contributed by atoms with Gasteiger partial charge in [0, 0.05) is 22.8 Å². The summed E-state index contributed by atoms with van der Waals surface area (Å²) in [6, 6.07) is 11.3. The number of carbonyl (C=O) groups is 1. The van der Waals surface area contributed by atoms with Gasteiger partial charge in [0.05, 0.1) is 24.1 Å². The topological polar surface area (TPSA) is 77.1 Å². The molecule has 3 heterocycles. The molecule has 1 amide bonds. The molecule has 38 heavy (non-hydrogen) atoms. The molecule has 0 saturated heterocycles. The maximum absolute atomic E-state index is 13.9. The molecular formula is C26H19ClF4N6O. The van der Waals surface area contributed by atoms with Crippen molar-refractivity contribution in [3.8, 4) is 11.3 Å². The van der Waals surface area contributed by atoms with E-state index in [1.807, 2.05) is 19.9 Å². The number of fused-ring (bicyclic) bond motifs is 1. The van der Waals surface area contributed by atoms with E-state index in [2.05, 4.69) is 20.5 Å². The summed E-state index contributed by atoms with van der Waals surface area (Å²) in [5, 5.41) is 10.8. The van der Waals surface area contributed by atoms with Gasteiger partial charge < -0.3 is 5.32 Å². The monoisotopic (exact) mass is 542 g/mol. The first kappa shape index (κ1) is 25.4. The second kappa shape index (κ2) is 9.56. The van der Waals surface area contributed by atoms with Gasteiger partial charge in [-0.1, -0.05) is 29.8 Å². The second-order valence-corrected chi connectivity index (χ2v) is 9.15. The zero-order valence-electron chi connectivity index (χ0n) is 20.0. The second-order valence-electron chi connectivity index (χ2n) is 8.74. The molecule has 5 rings (SSSR count). The number of nitrogens with one attached hydrogen (secondary N) is 1. The number of hydrogen-bond acceptors (Lipinski definition) is 4. The van der Waals surface area contributed by atoms with Crippen molar-refractivity contribution < 1.29 is 22.4 Å². The summed E-state index contributed by atoms with van der Waals surface area (Å²) in [4.78, 5) is 17.2. The smallest absolute Gasteiger partial charge is 0.318 e. The van der Waals surface area contributed by atoms with Gasteiger partial charge in [0.1, 0.15) is 5.82 Å². The van der Waals surface area contributed by atoms with E-state index in [9.17, 15) is 22.4 Å². The third-order valence-corrected chi connectivity index (χ3v) is 6.34. The van der Waals surface area contributed by atoms with Gasteiger partial charge in [-0.15, -0.1) is 0 Å². The molecule has 5 aromatic rings. The third-order valence-electron chi connectivity index (χ3n) is 5.99. The number of nitrogens with zero attached hydrogens (tertiary/aromatic N) is 5. The van der Waals surface area contributed by atoms with Crippen molar-refractivity contribution in [2.75, 3.05) is 5.32 Å². The Morgan fingerprint density at radius 3 is 2.55 bits per heavy atom. The van der Waals surface area contributed by atoms with Crippen molar-refractivity contribution in [1.82, 2.24) is 24.4 Å². The molecule has 0 aliphatic rings. The largest absolute Gasteiger partial charge is 0.433 e. The van der Waals surface area contributed by atoms with E-state index in [-0.39, 0.29) is 34.3 Å². The fraction of sp³-hybridized carbons (Fsp3) is 0.154. The highest BCUT2D eigenvalue weighted by atomic mass is 35.5. The molecule has 7 nitrogen and oxygen atoms in total. The Morgan fingerprint density at radius 1 is 1.05 bits per heavy atom. The minimum absolute atomic E-state index is 0.112. The lowest BCUT2D eigenvalue weighted by Crippen LogP contribution is -2.15. The molecule has 0 aliphatic carbocycles. The number of rotatable bonds is 5. The number of benzene rings is 2. The van der Waals surface area contributed by atoms with Gasteiger partial charge in [-0.05, 0) is 54.8 Å². The number of anilines is 1. The quantitative estimate of drug-likeness (QED) is 0.264. The van der Waals surface area contributed by atoms with E-state index in [1.165, 1.54) is 41.3 Å². The summed E-state index contributed by atoms with van der Waals surface area (Å²) in [6.45, 7) is 3.98. The first-order valence-electron chi connectivity index (χ1n) is 11.3. The van der Waals surface area contributed by atoms with Crippen LogP contribution in [0.2, 0.25) is 5.02 Å². The van der Waals surface area contributed by atoms with Crippen molar-refractivity contribution in [2.45, 2.75) is 26.6 Å². The molecule has 0 unspecified atom stereocenters. The Balaban J connectivity index is 1.43. The molecule has 3 aromatic heterocycles. The van der Waals surface area contributed by atoms with Gasteiger partial charge in [0.2, 0.25) is 0 Å². The van der Waals surface area contributed by atoms with Crippen LogP contribution in [0.4, 0.5) is 23.2 Å². The minimum atomic E-state index is -4.74. The number of aromatic nitrogens is 5. The van der Waals surface area contributed by atoms with E-state index < -0.39 is 23.6 Å². The van der Waals surface area contributed by atoms with Gasteiger partial charge in [-0.25, -0.2) is 13.9 Å². The van der Waals surface area contributed by atoms with Gasteiger partial charge in [0.15, 0.2) is 17.0 Å². The minimum Gasteiger partial charge on any atom is -0.318 e. The van der Waals surface area contributed by atoms with E-state index in [1.54, 1.807) is 12.1 Å². The summed E-state index contributed by atoms with van der Waals surface area (Å²) < 4.78 is 57.1. The van der Waals surface area contributed by atoms with Crippen molar-refractivity contribution in [3.05, 3.63) is 99.8 Å². The van der Waals surface area contributed by atoms with Crippen molar-refractivity contribution >= 4 is 28.8 Å². The summed E-state index contributed by atoms with van der Waals surface area (Å²) >= 11 is 6.05. The normalized spacial score (nSPS) is 11.8. The van der Waals surface area contributed by atoms with E-state index in [0.717, 1.165) is 17.2 Å². The van der Waals surface area contributed by atoms with Crippen molar-refractivity contribution in [1.29, 1.82) is 0 Å². The average molecular weight is 543 g/mol. The van der Waals surface area contributed by atoms with Crippen LogP contribution >= 0.6 is 11.6 Å². The third kappa shape index (κ3) is 5.10. The van der Waals surface area contributed by atoms with Gasteiger partial charge in [-0.3, -0.25) is 9.48 Å². The van der Waals surface area contributed by atoms with Crippen LogP contribution in [0.25, 0.3) is 16.9 Å². The van der Waals surface area contributed by atoms with E-state index in [0.29, 0.717) is 15.6 Å². The number of alkyl halides is 3. The molecule has 2 aromatic carbocycles. The zero-order chi connectivity index (χ0) is 27.2. The molecule has 1 N–H and O–H groups in total. The molecule has 0 radical (unpaired) electrons. The number of aryl methyl sites for hydroxylation is 2. The van der Waals surface area contributed by atoms with E-state index >= 15 is 0 Å². The highest BCUT2D eigenvalue weighted by molar-refractivity contribution is 6.31. The standard InChI is InChI=1S/C26H19ClF4N6O/c1-14-3-4-16(7-15(14)2)21-9-23(26(29,30)31)37-24(34-21)10-22(35-37)25(38)33-19-11-32-36(13-19)12-17-5-6-18(28)8-20(17)27/h3-11,13H,12H2,1-2H3,(H,33,38). The van der Waals surface area contributed by atoms with Crippen LogP contribution < -0.4 is 5.32 Å². The Kier molecular flexibility index (Phi) is 6.39. The first-order valence-corrected chi connectivity index (χ1v) is 11.7. The van der Waals surface area contributed by atoms with Crippen LogP contribution in [0.15, 0.2) is 60.9 Å². The molecule has 12 heteroatoms. The van der Waals surface area contributed by atoms with Crippen LogP contribution in [0, 0.1) is 19.7 Å². The van der Waals surface area contributed by atoms with Crippen LogP contribution in [0.5, 0.6) is 0 Å². The number of halogens is 5. The molecule has 0 saturated carbocycles. The maximum Gasteiger partial charge on any atom is 0.433 e. The van der Waals surface area contributed by atoms with Crippen molar-refractivity contribution in [2.24, 2.45) is 0 Å². The molecule has 0 aliphatic heterocycles. The van der Waals surface area contributed by atoms with Crippen LogP contribution in [-0.4, -0.2) is 30.3 Å². The van der Waals surface area contributed by atoms with Crippen molar-refractivity contribution in [3.63, 3.8) is 0 Å². The fourth-order valence-electron chi connectivity index (χ4n) is 3.87. The molecule has 0 atom stereocenters. The Hall–Kier alpha value is -4.25. The van der Waals surface area contributed by atoms with Gasteiger partial charge in [0.25, 0.3) is 5.91 Å². The average Bonchev–Trinajstić information content (AvgIpc) is 3.48. The summed E-state index contributed by atoms with van der Waals surface area (Å²) in [6.07, 6.45) is -1.87. The molecule has 0 spiro atoms. The summed E-state index contributed by atoms with van der Waals surface area (Å²) in [5.74, 6) is -1.21. The lowest BCUT2D eigenvalue weighted by Gasteiger charge is -2.11. The highest BCUT2D eigenvalue weighted by Gasteiger charge is 2.35. The molecule has 0 fully saturated rings. The van der Waals surface area contributed by atoms with Crippen LogP contribution in [-0.2, 0) is 12.7 Å².